The fourth-order valence-electron chi connectivity index (χ4n) is 2.75. The Balaban J connectivity index is 1.68. The molecule has 4 nitrogen and oxygen atoms in total. The summed E-state index contributed by atoms with van der Waals surface area (Å²) in [4.78, 5) is 25.0. The summed E-state index contributed by atoms with van der Waals surface area (Å²) in [6.45, 7) is 4.16. The minimum Gasteiger partial charge on any atom is -0.348 e. The van der Waals surface area contributed by atoms with Crippen molar-refractivity contribution in [3.8, 4) is 0 Å². The van der Waals surface area contributed by atoms with Gasteiger partial charge in [0.05, 0.1) is 0 Å². The highest BCUT2D eigenvalue weighted by Crippen LogP contribution is 2.18. The first-order valence-corrected chi connectivity index (χ1v) is 8.94. The van der Waals surface area contributed by atoms with Crippen LogP contribution in [0.15, 0.2) is 66.7 Å². The number of aryl methyl sites for hydroxylation is 2. The fraction of sp³-hybridized carbons (Fsp3) is 0.130. The highest BCUT2D eigenvalue weighted by molar-refractivity contribution is 6.06. The van der Waals surface area contributed by atoms with Gasteiger partial charge in [0.15, 0.2) is 0 Å². The molecule has 0 atom stereocenters. The zero-order valence-electron chi connectivity index (χ0n) is 15.8. The maximum Gasteiger partial charge on any atom is 0.255 e. The molecule has 142 valence electrons. The average molecular weight is 376 g/mol. The van der Waals surface area contributed by atoms with Crippen molar-refractivity contribution >= 4 is 17.5 Å². The van der Waals surface area contributed by atoms with Crippen LogP contribution in [0.2, 0.25) is 0 Å². The lowest BCUT2D eigenvalue weighted by atomic mass is 10.1. The second kappa shape index (κ2) is 8.48. The highest BCUT2D eigenvalue weighted by atomic mass is 19.1. The van der Waals surface area contributed by atoms with Crippen molar-refractivity contribution in [1.82, 2.24) is 5.32 Å². The molecule has 3 aromatic carbocycles. The Bertz CT molecular complexity index is 1010. The zero-order valence-corrected chi connectivity index (χ0v) is 15.8. The minimum absolute atomic E-state index is 0.276. The summed E-state index contributed by atoms with van der Waals surface area (Å²) in [6.07, 6.45) is 0. The van der Waals surface area contributed by atoms with Gasteiger partial charge in [-0.05, 0) is 66.9 Å². The van der Waals surface area contributed by atoms with Gasteiger partial charge in [0, 0.05) is 23.4 Å². The molecule has 0 heterocycles. The average Bonchev–Trinajstić information content (AvgIpc) is 2.70. The molecule has 5 heteroatoms. The second-order valence-corrected chi connectivity index (χ2v) is 6.66. The summed E-state index contributed by atoms with van der Waals surface area (Å²) in [7, 11) is 0. The molecule has 0 saturated carbocycles. The summed E-state index contributed by atoms with van der Waals surface area (Å²) in [5, 5.41) is 5.66. The smallest absolute Gasteiger partial charge is 0.255 e. The molecule has 0 aliphatic heterocycles. The van der Waals surface area contributed by atoms with E-state index in [1.54, 1.807) is 36.4 Å². The van der Waals surface area contributed by atoms with E-state index in [0.29, 0.717) is 11.1 Å². The van der Waals surface area contributed by atoms with Crippen LogP contribution in [0.1, 0.15) is 37.4 Å². The van der Waals surface area contributed by atoms with Gasteiger partial charge in [0.1, 0.15) is 5.82 Å². The second-order valence-electron chi connectivity index (χ2n) is 6.66. The normalized spacial score (nSPS) is 10.4. The van der Waals surface area contributed by atoms with E-state index < -0.39 is 0 Å². The Hall–Kier alpha value is -3.47. The number of amides is 2. The SMILES string of the molecule is Cc1ccc(C)c(NC(=O)c2cccc(C(=O)NCc3ccc(F)cc3)c2)c1. The third kappa shape index (κ3) is 4.82. The molecular weight excluding hydrogens is 355 g/mol. The van der Waals surface area contributed by atoms with Crippen LogP contribution in [-0.4, -0.2) is 11.8 Å². The van der Waals surface area contributed by atoms with Crippen LogP contribution in [0, 0.1) is 19.7 Å². The molecule has 0 aromatic heterocycles. The molecule has 0 bridgehead atoms. The Morgan fingerprint density at radius 3 is 2.25 bits per heavy atom. The van der Waals surface area contributed by atoms with Gasteiger partial charge in [-0.2, -0.15) is 0 Å². The Morgan fingerprint density at radius 1 is 0.857 bits per heavy atom. The van der Waals surface area contributed by atoms with E-state index in [0.717, 1.165) is 22.4 Å². The maximum atomic E-state index is 12.9. The largest absolute Gasteiger partial charge is 0.348 e. The number of anilines is 1. The van der Waals surface area contributed by atoms with Crippen molar-refractivity contribution in [2.45, 2.75) is 20.4 Å². The van der Waals surface area contributed by atoms with E-state index in [1.807, 2.05) is 32.0 Å². The quantitative estimate of drug-likeness (QED) is 0.682. The number of carbonyl (C=O) groups excluding carboxylic acids is 2. The number of carbonyl (C=O) groups is 2. The van der Waals surface area contributed by atoms with Crippen LogP contribution in [0.25, 0.3) is 0 Å². The fourth-order valence-corrected chi connectivity index (χ4v) is 2.75. The molecule has 3 rings (SSSR count). The Labute approximate surface area is 163 Å². The summed E-state index contributed by atoms with van der Waals surface area (Å²) in [5.41, 5.74) is 4.34. The molecule has 0 radical (unpaired) electrons. The first kappa shape index (κ1) is 19.3. The van der Waals surface area contributed by atoms with Gasteiger partial charge in [0.25, 0.3) is 11.8 Å². The van der Waals surface area contributed by atoms with Crippen molar-refractivity contribution in [2.75, 3.05) is 5.32 Å². The van der Waals surface area contributed by atoms with E-state index >= 15 is 0 Å². The molecule has 0 saturated heterocycles. The van der Waals surface area contributed by atoms with Gasteiger partial charge < -0.3 is 10.6 Å². The predicted octanol–water partition coefficient (Wildman–Crippen LogP) is 4.62. The molecule has 0 spiro atoms. The Kier molecular flexibility index (Phi) is 5.84. The molecule has 2 amide bonds. The first-order chi connectivity index (χ1) is 13.4. The molecule has 28 heavy (non-hydrogen) atoms. The topological polar surface area (TPSA) is 58.2 Å². The lowest BCUT2D eigenvalue weighted by molar-refractivity contribution is 0.0951. The van der Waals surface area contributed by atoms with Crippen LogP contribution in [-0.2, 0) is 6.54 Å². The zero-order chi connectivity index (χ0) is 20.1. The summed E-state index contributed by atoms with van der Waals surface area (Å²) in [5.74, 6) is -0.898. The van der Waals surface area contributed by atoms with Crippen LogP contribution >= 0.6 is 0 Å². The number of halogens is 1. The molecule has 2 N–H and O–H groups in total. The minimum atomic E-state index is -0.322. The first-order valence-electron chi connectivity index (χ1n) is 8.94. The van der Waals surface area contributed by atoms with Crippen LogP contribution in [0.4, 0.5) is 10.1 Å². The summed E-state index contributed by atoms with van der Waals surface area (Å²) < 4.78 is 12.9. The van der Waals surface area contributed by atoms with Gasteiger partial charge in [-0.15, -0.1) is 0 Å². The van der Waals surface area contributed by atoms with Gasteiger partial charge in [0.2, 0.25) is 0 Å². The van der Waals surface area contributed by atoms with Crippen molar-refractivity contribution < 1.29 is 14.0 Å². The summed E-state index contributed by atoms with van der Waals surface area (Å²) >= 11 is 0. The number of hydrogen-bond donors (Lipinski definition) is 2. The number of hydrogen-bond acceptors (Lipinski definition) is 2. The van der Waals surface area contributed by atoms with Crippen molar-refractivity contribution in [3.63, 3.8) is 0 Å². The molecular formula is C23H21FN2O2. The highest BCUT2D eigenvalue weighted by Gasteiger charge is 2.12. The third-order valence-corrected chi connectivity index (χ3v) is 4.39. The van der Waals surface area contributed by atoms with E-state index in [9.17, 15) is 14.0 Å². The van der Waals surface area contributed by atoms with E-state index in [4.69, 9.17) is 0 Å². The summed E-state index contributed by atoms with van der Waals surface area (Å²) in [6, 6.07) is 18.3. The standard InChI is InChI=1S/C23H21FN2O2/c1-15-6-7-16(2)21(12-15)26-23(28)19-5-3-4-18(13-19)22(27)25-14-17-8-10-20(24)11-9-17/h3-13H,14H2,1-2H3,(H,25,27)(H,26,28). The molecule has 0 aliphatic carbocycles. The molecule has 0 unspecified atom stereocenters. The molecule has 3 aromatic rings. The van der Waals surface area contributed by atoms with Gasteiger partial charge in [-0.25, -0.2) is 4.39 Å². The lowest BCUT2D eigenvalue weighted by Gasteiger charge is -2.10. The van der Waals surface area contributed by atoms with Gasteiger partial charge in [-0.3, -0.25) is 9.59 Å². The van der Waals surface area contributed by atoms with E-state index in [-0.39, 0.29) is 24.2 Å². The van der Waals surface area contributed by atoms with Crippen LogP contribution < -0.4 is 10.6 Å². The van der Waals surface area contributed by atoms with E-state index in [2.05, 4.69) is 10.6 Å². The van der Waals surface area contributed by atoms with Crippen molar-refractivity contribution in [1.29, 1.82) is 0 Å². The maximum absolute atomic E-state index is 12.9. The predicted molar refractivity (Wildman–Crippen MR) is 108 cm³/mol. The van der Waals surface area contributed by atoms with Gasteiger partial charge in [-0.1, -0.05) is 30.3 Å². The van der Waals surface area contributed by atoms with E-state index in [1.165, 1.54) is 12.1 Å². The molecule has 0 fully saturated rings. The van der Waals surface area contributed by atoms with Crippen molar-refractivity contribution in [2.24, 2.45) is 0 Å². The lowest BCUT2D eigenvalue weighted by Crippen LogP contribution is -2.23. The number of rotatable bonds is 5. The van der Waals surface area contributed by atoms with Crippen LogP contribution in [0.5, 0.6) is 0 Å². The van der Waals surface area contributed by atoms with Gasteiger partial charge >= 0.3 is 0 Å². The number of benzene rings is 3. The van der Waals surface area contributed by atoms with Crippen molar-refractivity contribution in [3.05, 3.63) is 100 Å². The molecule has 0 aliphatic rings. The number of nitrogens with one attached hydrogen (secondary N) is 2. The third-order valence-electron chi connectivity index (χ3n) is 4.39. The van der Waals surface area contributed by atoms with Crippen LogP contribution in [0.3, 0.4) is 0 Å². The Morgan fingerprint density at radius 2 is 1.54 bits per heavy atom. The monoisotopic (exact) mass is 376 g/mol.